The molecule has 9 nitrogen and oxygen atoms in total. The van der Waals surface area contributed by atoms with E-state index in [0.29, 0.717) is 0 Å². The number of rotatable bonds is 3. The van der Waals surface area contributed by atoms with Crippen LogP contribution in [0.15, 0.2) is 18.2 Å². The third kappa shape index (κ3) is 4.26. The zero-order valence-electron chi connectivity index (χ0n) is 8.80. The molecule has 0 aliphatic heterocycles. The second kappa shape index (κ2) is 5.39. The van der Waals surface area contributed by atoms with Crippen molar-refractivity contribution in [1.29, 1.82) is 0 Å². The number of hydrogen-bond acceptors (Lipinski definition) is 3. The maximum atomic E-state index is 10.5. The van der Waals surface area contributed by atoms with Gasteiger partial charge in [-0.1, -0.05) is 0 Å². The summed E-state index contributed by atoms with van der Waals surface area (Å²) < 4.78 is 0. The molecule has 1 rings (SSSR count). The van der Waals surface area contributed by atoms with Gasteiger partial charge in [0, 0.05) is 17.1 Å². The van der Waals surface area contributed by atoms with Crippen molar-refractivity contribution < 1.29 is 29.7 Å². The summed E-state index contributed by atoms with van der Waals surface area (Å²) in [5.74, 6) is 0. The van der Waals surface area contributed by atoms with Crippen molar-refractivity contribution in [3.05, 3.63) is 18.2 Å². The lowest BCUT2D eigenvalue weighted by Crippen LogP contribution is -2.12. The van der Waals surface area contributed by atoms with Crippen LogP contribution in [0, 0.1) is 0 Å². The molecule has 6 N–H and O–H groups in total. The standard InChI is InChI=1S/C9H9N3O6/c13-7(14)10-4-1-5(11-8(15)16)3-6(2-4)12-9(17)18/h1-3,10-12H,(H,13,14)(H,15,16)(H,17,18). The van der Waals surface area contributed by atoms with E-state index >= 15 is 0 Å². The average Bonchev–Trinajstić information content (AvgIpc) is 2.12. The highest BCUT2D eigenvalue weighted by Crippen LogP contribution is 2.22. The largest absolute Gasteiger partial charge is 0.465 e. The summed E-state index contributed by atoms with van der Waals surface area (Å²) in [4.78, 5) is 31.4. The summed E-state index contributed by atoms with van der Waals surface area (Å²) in [6.07, 6.45) is -4.07. The van der Waals surface area contributed by atoms with Gasteiger partial charge in [-0.05, 0) is 18.2 Å². The summed E-state index contributed by atoms with van der Waals surface area (Å²) in [5.41, 5.74) is 0.0764. The lowest BCUT2D eigenvalue weighted by Gasteiger charge is -2.09. The number of benzene rings is 1. The Labute approximate surface area is 100 Å². The van der Waals surface area contributed by atoms with Gasteiger partial charge in [0.1, 0.15) is 0 Å². The summed E-state index contributed by atoms with van der Waals surface area (Å²) in [6.45, 7) is 0. The molecular weight excluding hydrogens is 246 g/mol. The molecule has 3 amide bonds. The van der Waals surface area contributed by atoms with E-state index in [9.17, 15) is 14.4 Å². The van der Waals surface area contributed by atoms with Crippen LogP contribution in [0.4, 0.5) is 31.4 Å². The van der Waals surface area contributed by atoms with E-state index in [4.69, 9.17) is 15.3 Å². The SMILES string of the molecule is O=C(O)Nc1cc(NC(=O)O)cc(NC(=O)O)c1. The summed E-state index contributed by atoms with van der Waals surface area (Å²) in [7, 11) is 0. The monoisotopic (exact) mass is 255 g/mol. The van der Waals surface area contributed by atoms with Crippen molar-refractivity contribution in [2.24, 2.45) is 0 Å². The zero-order chi connectivity index (χ0) is 13.7. The molecule has 9 heteroatoms. The van der Waals surface area contributed by atoms with E-state index in [1.807, 2.05) is 16.0 Å². The number of carboxylic acid groups (broad SMARTS) is 3. The van der Waals surface area contributed by atoms with Gasteiger partial charge in [0.25, 0.3) is 0 Å². The van der Waals surface area contributed by atoms with Crippen molar-refractivity contribution >= 4 is 35.3 Å². The quantitative estimate of drug-likeness (QED) is 0.486. The molecule has 0 saturated carbocycles. The minimum absolute atomic E-state index is 0.0255. The van der Waals surface area contributed by atoms with E-state index in [-0.39, 0.29) is 17.1 Å². The topological polar surface area (TPSA) is 148 Å². The molecule has 0 aromatic heterocycles. The molecule has 1 aromatic carbocycles. The van der Waals surface area contributed by atoms with Crippen LogP contribution in [0.3, 0.4) is 0 Å². The Morgan fingerprint density at radius 3 is 1.06 bits per heavy atom. The van der Waals surface area contributed by atoms with Crippen molar-refractivity contribution in [3.8, 4) is 0 Å². The highest BCUT2D eigenvalue weighted by Gasteiger charge is 2.07. The molecule has 0 aliphatic rings. The molecule has 0 aliphatic carbocycles. The van der Waals surface area contributed by atoms with Crippen LogP contribution < -0.4 is 16.0 Å². The Hall–Kier alpha value is -2.97. The molecule has 0 spiro atoms. The molecule has 1 aromatic rings. The van der Waals surface area contributed by atoms with Gasteiger partial charge < -0.3 is 15.3 Å². The Morgan fingerprint density at radius 2 is 0.889 bits per heavy atom. The Bertz CT molecular complexity index is 417. The Morgan fingerprint density at radius 1 is 0.667 bits per heavy atom. The van der Waals surface area contributed by atoms with E-state index < -0.39 is 18.3 Å². The van der Waals surface area contributed by atoms with Crippen LogP contribution >= 0.6 is 0 Å². The lowest BCUT2D eigenvalue weighted by molar-refractivity contribution is 0.208. The van der Waals surface area contributed by atoms with Crippen molar-refractivity contribution in [3.63, 3.8) is 0 Å². The molecule has 0 unspecified atom stereocenters. The van der Waals surface area contributed by atoms with Gasteiger partial charge in [-0.15, -0.1) is 0 Å². The smallest absolute Gasteiger partial charge is 0.409 e. The number of anilines is 3. The van der Waals surface area contributed by atoms with Gasteiger partial charge in [-0.25, -0.2) is 14.4 Å². The summed E-state index contributed by atoms with van der Waals surface area (Å²) in [5, 5.41) is 31.5. The fourth-order valence-electron chi connectivity index (χ4n) is 1.21. The minimum atomic E-state index is -1.36. The molecule has 0 fully saturated rings. The minimum Gasteiger partial charge on any atom is -0.465 e. The number of hydrogen-bond donors (Lipinski definition) is 6. The highest BCUT2D eigenvalue weighted by atomic mass is 16.4. The van der Waals surface area contributed by atoms with Crippen molar-refractivity contribution in [2.75, 3.05) is 16.0 Å². The van der Waals surface area contributed by atoms with Gasteiger partial charge in [0.2, 0.25) is 0 Å². The van der Waals surface area contributed by atoms with E-state index in [2.05, 4.69) is 0 Å². The first-order valence-electron chi connectivity index (χ1n) is 4.52. The van der Waals surface area contributed by atoms with Crippen molar-refractivity contribution in [1.82, 2.24) is 0 Å². The van der Waals surface area contributed by atoms with Gasteiger partial charge >= 0.3 is 18.3 Å². The van der Waals surface area contributed by atoms with Gasteiger partial charge in [-0.3, -0.25) is 16.0 Å². The predicted molar refractivity (Wildman–Crippen MR) is 61.4 cm³/mol. The molecule has 18 heavy (non-hydrogen) atoms. The van der Waals surface area contributed by atoms with Crippen LogP contribution in [-0.4, -0.2) is 33.6 Å². The number of carbonyl (C=O) groups is 3. The average molecular weight is 255 g/mol. The molecule has 0 saturated heterocycles. The fraction of sp³-hybridized carbons (Fsp3) is 0. The third-order valence-electron chi connectivity index (χ3n) is 1.69. The fourth-order valence-corrected chi connectivity index (χ4v) is 1.21. The van der Waals surface area contributed by atoms with Crippen molar-refractivity contribution in [2.45, 2.75) is 0 Å². The molecule has 0 radical (unpaired) electrons. The van der Waals surface area contributed by atoms with Gasteiger partial charge in [0.15, 0.2) is 0 Å². The maximum Gasteiger partial charge on any atom is 0.409 e. The predicted octanol–water partition coefficient (Wildman–Crippen LogP) is 1.96. The zero-order valence-corrected chi connectivity index (χ0v) is 8.80. The summed E-state index contributed by atoms with van der Waals surface area (Å²) in [6, 6.07) is 3.61. The molecular formula is C9H9N3O6. The molecule has 96 valence electrons. The normalized spacial score (nSPS) is 9.33. The maximum absolute atomic E-state index is 10.5. The molecule has 0 atom stereocenters. The van der Waals surface area contributed by atoms with Crippen LogP contribution in [-0.2, 0) is 0 Å². The third-order valence-corrected chi connectivity index (χ3v) is 1.69. The lowest BCUT2D eigenvalue weighted by atomic mass is 10.2. The first-order chi connectivity index (χ1) is 8.36. The number of nitrogens with one attached hydrogen (secondary N) is 3. The van der Waals surface area contributed by atoms with Crippen LogP contribution in [0.1, 0.15) is 0 Å². The molecule has 0 heterocycles. The van der Waals surface area contributed by atoms with Crippen LogP contribution in [0.2, 0.25) is 0 Å². The second-order valence-electron chi connectivity index (χ2n) is 3.09. The Kier molecular flexibility index (Phi) is 3.92. The number of amides is 3. The Balaban J connectivity index is 3.06. The van der Waals surface area contributed by atoms with E-state index in [1.54, 1.807) is 0 Å². The molecule has 0 bridgehead atoms. The summed E-state index contributed by atoms with van der Waals surface area (Å²) >= 11 is 0. The first kappa shape index (κ1) is 13.1. The van der Waals surface area contributed by atoms with E-state index in [0.717, 1.165) is 0 Å². The van der Waals surface area contributed by atoms with Gasteiger partial charge in [-0.2, -0.15) is 0 Å². The van der Waals surface area contributed by atoms with Crippen LogP contribution in [0.5, 0.6) is 0 Å². The van der Waals surface area contributed by atoms with E-state index in [1.165, 1.54) is 18.2 Å². The highest BCUT2D eigenvalue weighted by molar-refractivity contribution is 5.91. The van der Waals surface area contributed by atoms with Crippen LogP contribution in [0.25, 0.3) is 0 Å². The second-order valence-corrected chi connectivity index (χ2v) is 3.09. The van der Waals surface area contributed by atoms with Gasteiger partial charge in [0.05, 0.1) is 0 Å². The first-order valence-corrected chi connectivity index (χ1v) is 4.52.